The molecule has 0 N–H and O–H groups in total. The molecule has 0 radical (unpaired) electrons. The first kappa shape index (κ1) is 23.4. The topological polar surface area (TPSA) is 20.3 Å². The van der Waals surface area contributed by atoms with E-state index < -0.39 is 7.29 Å². The molecule has 0 fully saturated rings. The first-order valence-corrected chi connectivity index (χ1v) is 12.6. The van der Waals surface area contributed by atoms with Crippen LogP contribution < -0.4 is 5.30 Å². The molecule has 26 heavy (non-hydrogen) atoms. The Hall–Kier alpha value is -0.590. The predicted molar refractivity (Wildman–Crippen MR) is 118 cm³/mol. The first-order chi connectivity index (χ1) is 12.3. The molecule has 150 valence electrons. The minimum absolute atomic E-state index is 0.0520. The van der Waals surface area contributed by atoms with Crippen LogP contribution in [0.4, 0.5) is 0 Å². The first-order valence-electron chi connectivity index (χ1n) is 10.7. The van der Waals surface area contributed by atoms with Gasteiger partial charge in [-0.2, -0.15) is 0 Å². The van der Waals surface area contributed by atoms with E-state index in [1.54, 1.807) is 0 Å². The summed E-state index contributed by atoms with van der Waals surface area (Å²) >= 11 is 0. The van der Waals surface area contributed by atoms with Gasteiger partial charge in [0, 0.05) is 24.6 Å². The maximum absolute atomic E-state index is 14.4. The fraction of sp³-hybridized carbons (Fsp3) is 0.739. The summed E-state index contributed by atoms with van der Waals surface area (Å²) in [5.74, 6) is 0. The van der Waals surface area contributed by atoms with Crippen LogP contribution in [-0.2, 0) is 4.57 Å². The van der Waals surface area contributed by atoms with Crippen LogP contribution in [0.15, 0.2) is 30.3 Å². The van der Waals surface area contributed by atoms with Gasteiger partial charge in [0.1, 0.15) is 0 Å². The second-order valence-corrected chi connectivity index (χ2v) is 11.6. The second-order valence-electron chi connectivity index (χ2n) is 8.83. The molecule has 0 bridgehead atoms. The third kappa shape index (κ3) is 8.40. The van der Waals surface area contributed by atoms with E-state index in [0.29, 0.717) is 0 Å². The van der Waals surface area contributed by atoms with Gasteiger partial charge in [0.05, 0.1) is 0 Å². The van der Waals surface area contributed by atoms with Gasteiger partial charge in [-0.1, -0.05) is 103 Å². The standard InChI is InChI=1S/C23H42NOP/c1-6-8-10-15-19-24(20-16-11-9-7-2)26(25,21-23(3,4)5)22-17-13-12-14-18-22/h12-14,17-18H,6-11,15-16,19-21H2,1-5H3. The molecular weight excluding hydrogens is 337 g/mol. The highest BCUT2D eigenvalue weighted by atomic mass is 31.2. The van der Waals surface area contributed by atoms with Crippen molar-refractivity contribution in [3.05, 3.63) is 30.3 Å². The number of hydrogen-bond acceptors (Lipinski definition) is 1. The Kier molecular flexibility index (Phi) is 10.8. The fourth-order valence-electron chi connectivity index (χ4n) is 3.54. The zero-order valence-electron chi connectivity index (χ0n) is 18.0. The summed E-state index contributed by atoms with van der Waals surface area (Å²) in [6.07, 6.45) is 10.6. The normalized spacial score (nSPS) is 14.5. The Bertz CT molecular complexity index is 509. The Morgan fingerprint density at radius 3 is 1.73 bits per heavy atom. The monoisotopic (exact) mass is 379 g/mol. The van der Waals surface area contributed by atoms with E-state index in [0.717, 1.165) is 37.4 Å². The molecule has 1 unspecified atom stereocenters. The molecule has 1 atom stereocenters. The Labute approximate surface area is 163 Å². The van der Waals surface area contributed by atoms with Crippen molar-refractivity contribution >= 4 is 12.6 Å². The van der Waals surface area contributed by atoms with Gasteiger partial charge in [-0.3, -0.25) is 0 Å². The van der Waals surface area contributed by atoms with Crippen molar-refractivity contribution in [2.45, 2.75) is 86.0 Å². The Balaban J connectivity index is 3.02. The van der Waals surface area contributed by atoms with Crippen LogP contribution in [0.2, 0.25) is 0 Å². The van der Waals surface area contributed by atoms with Crippen LogP contribution >= 0.6 is 7.29 Å². The molecule has 0 saturated heterocycles. The van der Waals surface area contributed by atoms with Crippen LogP contribution in [0.5, 0.6) is 0 Å². The van der Waals surface area contributed by atoms with Gasteiger partial charge in [-0.25, -0.2) is 4.67 Å². The van der Waals surface area contributed by atoms with E-state index >= 15 is 0 Å². The molecule has 0 aliphatic carbocycles. The summed E-state index contributed by atoms with van der Waals surface area (Å²) in [4.78, 5) is 0. The van der Waals surface area contributed by atoms with Crippen molar-refractivity contribution < 1.29 is 4.57 Å². The van der Waals surface area contributed by atoms with Crippen LogP contribution in [0.3, 0.4) is 0 Å². The summed E-state index contributed by atoms with van der Waals surface area (Å²) in [6.45, 7) is 13.1. The number of hydrogen-bond donors (Lipinski definition) is 0. The number of rotatable bonds is 13. The highest BCUT2D eigenvalue weighted by Gasteiger charge is 2.35. The molecular formula is C23H42NOP. The van der Waals surface area contributed by atoms with Crippen molar-refractivity contribution in [3.63, 3.8) is 0 Å². The van der Waals surface area contributed by atoms with Crippen LogP contribution in [-0.4, -0.2) is 23.9 Å². The van der Waals surface area contributed by atoms with E-state index in [-0.39, 0.29) is 5.41 Å². The van der Waals surface area contributed by atoms with Gasteiger partial charge in [0.2, 0.25) is 0 Å². The molecule has 0 heterocycles. The number of nitrogens with zero attached hydrogens (tertiary/aromatic N) is 1. The van der Waals surface area contributed by atoms with E-state index in [2.05, 4.69) is 51.4 Å². The van der Waals surface area contributed by atoms with E-state index in [9.17, 15) is 4.57 Å². The van der Waals surface area contributed by atoms with Gasteiger partial charge >= 0.3 is 0 Å². The molecule has 0 aromatic heterocycles. The lowest BCUT2D eigenvalue weighted by Crippen LogP contribution is -2.33. The van der Waals surface area contributed by atoms with Crippen molar-refractivity contribution in [1.82, 2.24) is 4.67 Å². The second kappa shape index (κ2) is 12.0. The van der Waals surface area contributed by atoms with Gasteiger partial charge in [0.15, 0.2) is 7.29 Å². The fourth-order valence-corrected chi connectivity index (χ4v) is 7.10. The zero-order chi connectivity index (χ0) is 19.5. The minimum Gasteiger partial charge on any atom is -0.301 e. The molecule has 0 spiro atoms. The third-order valence-corrected chi connectivity index (χ3v) is 8.64. The third-order valence-electron chi connectivity index (χ3n) is 4.84. The highest BCUT2D eigenvalue weighted by Crippen LogP contribution is 2.52. The maximum Gasteiger partial charge on any atom is 0.179 e. The SMILES string of the molecule is CCCCCCN(CCCCCC)P(=O)(CC(C)(C)C)c1ccccc1. The lowest BCUT2D eigenvalue weighted by Gasteiger charge is -2.36. The number of unbranched alkanes of at least 4 members (excludes halogenated alkanes) is 6. The van der Waals surface area contributed by atoms with Crippen molar-refractivity contribution in [3.8, 4) is 0 Å². The van der Waals surface area contributed by atoms with Crippen LogP contribution in [0, 0.1) is 5.41 Å². The van der Waals surface area contributed by atoms with Crippen molar-refractivity contribution in [2.75, 3.05) is 19.3 Å². The summed E-state index contributed by atoms with van der Waals surface area (Å²) < 4.78 is 16.8. The van der Waals surface area contributed by atoms with E-state index in [1.165, 1.54) is 38.5 Å². The largest absolute Gasteiger partial charge is 0.301 e. The van der Waals surface area contributed by atoms with Crippen molar-refractivity contribution in [1.29, 1.82) is 0 Å². The smallest absolute Gasteiger partial charge is 0.179 e. The average Bonchev–Trinajstić information content (AvgIpc) is 2.59. The molecule has 0 aliphatic rings. The van der Waals surface area contributed by atoms with E-state index in [1.807, 2.05) is 18.2 Å². The van der Waals surface area contributed by atoms with E-state index in [4.69, 9.17) is 0 Å². The highest BCUT2D eigenvalue weighted by molar-refractivity contribution is 7.69. The summed E-state index contributed by atoms with van der Waals surface area (Å²) in [6, 6.07) is 10.3. The molecule has 0 saturated carbocycles. The van der Waals surface area contributed by atoms with Crippen LogP contribution in [0.25, 0.3) is 0 Å². The van der Waals surface area contributed by atoms with Gasteiger partial charge in [-0.15, -0.1) is 0 Å². The Morgan fingerprint density at radius 2 is 1.31 bits per heavy atom. The molecule has 1 aromatic rings. The van der Waals surface area contributed by atoms with Crippen LogP contribution in [0.1, 0.15) is 86.0 Å². The van der Waals surface area contributed by atoms with Gasteiger partial charge in [0.25, 0.3) is 0 Å². The maximum atomic E-state index is 14.4. The molecule has 0 aliphatic heterocycles. The lowest BCUT2D eigenvalue weighted by atomic mass is 10.0. The summed E-state index contributed by atoms with van der Waals surface area (Å²) in [7, 11) is -2.57. The quantitative estimate of drug-likeness (QED) is 0.269. The average molecular weight is 380 g/mol. The Morgan fingerprint density at radius 1 is 0.808 bits per heavy atom. The number of benzene rings is 1. The summed E-state index contributed by atoms with van der Waals surface area (Å²) in [5, 5.41) is 1.04. The molecule has 1 aromatic carbocycles. The van der Waals surface area contributed by atoms with Gasteiger partial charge < -0.3 is 4.57 Å². The summed E-state index contributed by atoms with van der Waals surface area (Å²) in [5.41, 5.74) is 0.0520. The van der Waals surface area contributed by atoms with Crippen molar-refractivity contribution in [2.24, 2.45) is 5.41 Å². The lowest BCUT2D eigenvalue weighted by molar-refractivity contribution is 0.373. The van der Waals surface area contributed by atoms with Gasteiger partial charge in [-0.05, 0) is 18.3 Å². The predicted octanol–water partition coefficient (Wildman–Crippen LogP) is 7.10. The molecule has 1 rings (SSSR count). The molecule has 3 heteroatoms. The minimum atomic E-state index is -2.57. The zero-order valence-corrected chi connectivity index (χ0v) is 18.9. The molecule has 0 amide bonds. The molecule has 2 nitrogen and oxygen atoms in total.